The van der Waals surface area contributed by atoms with Crippen LogP contribution in [-0.2, 0) is 14.4 Å². The molecule has 3 heterocycles. The molecule has 0 aromatic heterocycles. The van der Waals surface area contributed by atoms with Gasteiger partial charge in [-0.2, -0.15) is 0 Å². The van der Waals surface area contributed by atoms with Crippen LogP contribution in [0.2, 0.25) is 0 Å². The van der Waals surface area contributed by atoms with E-state index in [-0.39, 0.29) is 29.6 Å². The number of rotatable bonds is 6. The zero-order chi connectivity index (χ0) is 24.9. The highest BCUT2D eigenvalue weighted by atomic mass is 32.2. The Balaban J connectivity index is 1.50. The van der Waals surface area contributed by atoms with Gasteiger partial charge in [0, 0.05) is 16.6 Å². The first-order valence-corrected chi connectivity index (χ1v) is 13.0. The molecule has 2 unspecified atom stereocenters. The molecule has 2 aromatic carbocycles. The number of amides is 3. The maximum atomic E-state index is 13.9. The molecule has 3 saturated heterocycles. The van der Waals surface area contributed by atoms with Gasteiger partial charge in [0.25, 0.3) is 0 Å². The third-order valence-corrected chi connectivity index (χ3v) is 9.75. The van der Waals surface area contributed by atoms with Gasteiger partial charge in [-0.15, -0.1) is 11.8 Å². The molecule has 0 aliphatic carbocycles. The predicted molar refractivity (Wildman–Crippen MR) is 137 cm³/mol. The lowest BCUT2D eigenvalue weighted by Gasteiger charge is -2.36. The lowest BCUT2D eigenvalue weighted by molar-refractivity contribution is -0.140. The number of aliphatic hydroxyl groups is 1. The van der Waals surface area contributed by atoms with Gasteiger partial charge in [0.15, 0.2) is 0 Å². The standard InChI is InChI=1S/C27H31N3O4S/c1-15-8-7-9-16(2)22(15)29-25(33)23-27-13-12-19(35-27)20(21(27)26(34)30(23)17(3)14-31)24(32)28-18-10-5-4-6-11-18/h4-11,17,19-21,23,31H,12-14H2,1-3H3,(H,28,32)(H,29,33)/t17-,19-,20+,21+,23?,27?/m1/s1. The van der Waals surface area contributed by atoms with Crippen LogP contribution in [0.1, 0.15) is 30.9 Å². The van der Waals surface area contributed by atoms with E-state index in [9.17, 15) is 19.5 Å². The number of aryl methyl sites for hydroxylation is 2. The minimum absolute atomic E-state index is 0.0188. The molecule has 2 bridgehead atoms. The summed E-state index contributed by atoms with van der Waals surface area (Å²) in [5.74, 6) is -1.77. The number of nitrogens with one attached hydrogen (secondary N) is 2. The Kier molecular flexibility index (Phi) is 6.13. The van der Waals surface area contributed by atoms with Gasteiger partial charge < -0.3 is 20.6 Å². The molecular weight excluding hydrogens is 462 g/mol. The van der Waals surface area contributed by atoms with Gasteiger partial charge >= 0.3 is 0 Å². The minimum Gasteiger partial charge on any atom is -0.394 e. The van der Waals surface area contributed by atoms with Crippen LogP contribution in [0, 0.1) is 25.7 Å². The fourth-order valence-corrected chi connectivity index (χ4v) is 8.41. The highest BCUT2D eigenvalue weighted by Gasteiger charge is 2.74. The minimum atomic E-state index is -0.759. The van der Waals surface area contributed by atoms with E-state index in [1.54, 1.807) is 23.6 Å². The van der Waals surface area contributed by atoms with E-state index in [0.717, 1.165) is 23.2 Å². The summed E-state index contributed by atoms with van der Waals surface area (Å²) in [5.41, 5.74) is 3.33. The monoisotopic (exact) mass is 493 g/mol. The highest BCUT2D eigenvalue weighted by Crippen LogP contribution is 2.66. The summed E-state index contributed by atoms with van der Waals surface area (Å²) in [4.78, 5) is 42.8. The molecular formula is C27H31N3O4S. The van der Waals surface area contributed by atoms with Gasteiger partial charge in [-0.05, 0) is 56.9 Å². The molecule has 3 N–H and O–H groups in total. The third-order valence-electron chi connectivity index (χ3n) is 7.80. The molecule has 3 amide bonds. The Labute approximate surface area is 209 Å². The summed E-state index contributed by atoms with van der Waals surface area (Å²) in [6.45, 7) is 5.39. The first-order chi connectivity index (χ1) is 16.8. The SMILES string of the molecule is Cc1cccc(C)c1NC(=O)C1N([C@H](C)CO)C(=O)[C@@H]2[C@@H](C(=O)Nc3ccccc3)[C@H]3CCC12S3. The van der Waals surface area contributed by atoms with Crippen LogP contribution in [-0.4, -0.2) is 56.4 Å². The Morgan fingerprint density at radius 1 is 1.09 bits per heavy atom. The average Bonchev–Trinajstić information content (AvgIpc) is 3.49. The molecule has 5 rings (SSSR count). The van der Waals surface area contributed by atoms with Crippen LogP contribution in [0.15, 0.2) is 48.5 Å². The molecule has 184 valence electrons. The summed E-state index contributed by atoms with van der Waals surface area (Å²) in [5, 5.41) is 16.0. The fraction of sp³-hybridized carbons (Fsp3) is 0.444. The van der Waals surface area contributed by atoms with E-state index in [1.165, 1.54) is 0 Å². The fourth-order valence-electron chi connectivity index (χ4n) is 6.20. The normalized spacial score (nSPS) is 29.7. The number of aliphatic hydroxyl groups excluding tert-OH is 1. The Hall–Kier alpha value is -2.84. The molecule has 0 radical (unpaired) electrons. The van der Waals surface area contributed by atoms with Gasteiger partial charge in [-0.1, -0.05) is 36.4 Å². The number of para-hydroxylation sites is 2. The molecule has 3 fully saturated rings. The van der Waals surface area contributed by atoms with Crippen LogP contribution in [0.4, 0.5) is 11.4 Å². The molecule has 1 spiro atoms. The van der Waals surface area contributed by atoms with Crippen molar-refractivity contribution in [3.63, 3.8) is 0 Å². The molecule has 0 saturated carbocycles. The number of anilines is 2. The number of hydrogen-bond donors (Lipinski definition) is 3. The summed E-state index contributed by atoms with van der Waals surface area (Å²) in [6, 6.07) is 13.8. The van der Waals surface area contributed by atoms with Crippen molar-refractivity contribution >= 4 is 40.9 Å². The van der Waals surface area contributed by atoms with E-state index in [4.69, 9.17) is 0 Å². The van der Waals surface area contributed by atoms with Crippen molar-refractivity contribution in [2.45, 2.75) is 55.7 Å². The van der Waals surface area contributed by atoms with Gasteiger partial charge in [0.1, 0.15) is 6.04 Å². The lowest BCUT2D eigenvalue weighted by atomic mass is 9.70. The lowest BCUT2D eigenvalue weighted by Crippen LogP contribution is -2.54. The van der Waals surface area contributed by atoms with Crippen molar-refractivity contribution in [2.75, 3.05) is 17.2 Å². The first kappa shape index (κ1) is 23.9. The second kappa shape index (κ2) is 8.99. The molecule has 3 aliphatic heterocycles. The van der Waals surface area contributed by atoms with Crippen molar-refractivity contribution < 1.29 is 19.5 Å². The predicted octanol–water partition coefficient (Wildman–Crippen LogP) is 3.35. The molecule has 7 nitrogen and oxygen atoms in total. The van der Waals surface area contributed by atoms with Crippen LogP contribution in [0.3, 0.4) is 0 Å². The highest BCUT2D eigenvalue weighted by molar-refractivity contribution is 8.02. The van der Waals surface area contributed by atoms with E-state index in [1.807, 2.05) is 62.4 Å². The summed E-state index contributed by atoms with van der Waals surface area (Å²) >= 11 is 1.62. The smallest absolute Gasteiger partial charge is 0.248 e. The Bertz CT molecular complexity index is 1150. The van der Waals surface area contributed by atoms with Crippen molar-refractivity contribution in [3.8, 4) is 0 Å². The number of carbonyl (C=O) groups is 3. The second-order valence-electron chi connectivity index (χ2n) is 9.94. The van der Waals surface area contributed by atoms with Crippen LogP contribution >= 0.6 is 11.8 Å². The number of nitrogens with zero attached hydrogens (tertiary/aromatic N) is 1. The molecule has 2 aromatic rings. The summed E-state index contributed by atoms with van der Waals surface area (Å²) in [7, 11) is 0. The molecule has 8 heteroatoms. The van der Waals surface area contributed by atoms with E-state index in [2.05, 4.69) is 10.6 Å². The summed E-state index contributed by atoms with van der Waals surface area (Å²) in [6.07, 6.45) is 1.46. The molecule has 6 atom stereocenters. The van der Waals surface area contributed by atoms with E-state index >= 15 is 0 Å². The van der Waals surface area contributed by atoms with Crippen LogP contribution in [0.5, 0.6) is 0 Å². The number of likely N-dealkylation sites (tertiary alicyclic amines) is 1. The van der Waals surface area contributed by atoms with E-state index in [0.29, 0.717) is 12.1 Å². The van der Waals surface area contributed by atoms with Gasteiger partial charge in [0.2, 0.25) is 17.7 Å². The number of fused-ring (bicyclic) bond motifs is 1. The first-order valence-electron chi connectivity index (χ1n) is 12.1. The maximum Gasteiger partial charge on any atom is 0.248 e. The molecule has 3 aliphatic rings. The number of hydrogen-bond acceptors (Lipinski definition) is 5. The number of benzene rings is 2. The second-order valence-corrected chi connectivity index (χ2v) is 11.5. The molecule has 35 heavy (non-hydrogen) atoms. The maximum absolute atomic E-state index is 13.9. The zero-order valence-corrected chi connectivity index (χ0v) is 21.0. The third kappa shape index (κ3) is 3.74. The van der Waals surface area contributed by atoms with Crippen molar-refractivity contribution in [1.29, 1.82) is 0 Å². The number of thioether (sulfide) groups is 1. The van der Waals surface area contributed by atoms with Crippen molar-refractivity contribution in [3.05, 3.63) is 59.7 Å². The summed E-state index contributed by atoms with van der Waals surface area (Å²) < 4.78 is -0.690. The zero-order valence-electron chi connectivity index (χ0n) is 20.2. The van der Waals surface area contributed by atoms with Crippen LogP contribution in [0.25, 0.3) is 0 Å². The topological polar surface area (TPSA) is 98.7 Å². The average molecular weight is 494 g/mol. The van der Waals surface area contributed by atoms with Gasteiger partial charge in [0.05, 0.1) is 29.2 Å². The van der Waals surface area contributed by atoms with Crippen molar-refractivity contribution in [2.24, 2.45) is 11.8 Å². The van der Waals surface area contributed by atoms with Gasteiger partial charge in [-0.3, -0.25) is 14.4 Å². The van der Waals surface area contributed by atoms with Gasteiger partial charge in [-0.25, -0.2) is 0 Å². The largest absolute Gasteiger partial charge is 0.394 e. The quantitative estimate of drug-likeness (QED) is 0.573. The Morgan fingerprint density at radius 2 is 1.77 bits per heavy atom. The van der Waals surface area contributed by atoms with Crippen molar-refractivity contribution in [1.82, 2.24) is 4.90 Å². The number of carbonyl (C=O) groups excluding carboxylic acids is 3. The van der Waals surface area contributed by atoms with Crippen LogP contribution < -0.4 is 10.6 Å². The Morgan fingerprint density at radius 3 is 2.43 bits per heavy atom. The van der Waals surface area contributed by atoms with E-state index < -0.39 is 28.7 Å².